The summed E-state index contributed by atoms with van der Waals surface area (Å²) in [6, 6.07) is 9.10. The quantitative estimate of drug-likeness (QED) is 0.248. The van der Waals surface area contributed by atoms with Gasteiger partial charge in [0.1, 0.15) is 36.4 Å². The van der Waals surface area contributed by atoms with Crippen molar-refractivity contribution in [2.24, 2.45) is 5.92 Å². The maximum Gasteiger partial charge on any atom is 0.325 e. The largest absolute Gasteiger partial charge is 0.492 e. The number of rotatable bonds is 12. The lowest BCUT2D eigenvalue weighted by Gasteiger charge is -2.30. The van der Waals surface area contributed by atoms with Crippen LogP contribution in [0.3, 0.4) is 0 Å². The van der Waals surface area contributed by atoms with Gasteiger partial charge in [-0.2, -0.15) is 0 Å². The van der Waals surface area contributed by atoms with Gasteiger partial charge in [0.2, 0.25) is 0 Å². The molecule has 1 fully saturated rings. The topological polar surface area (TPSA) is 44.8 Å². The molecule has 0 aromatic heterocycles. The molecule has 2 aromatic rings. The number of carbonyl (C=O) groups excluding carboxylic acids is 1. The second-order valence-electron chi connectivity index (χ2n) is 13.2. The van der Waals surface area contributed by atoms with Gasteiger partial charge in [0.25, 0.3) is 0 Å². The van der Waals surface area contributed by atoms with Gasteiger partial charge < -0.3 is 14.2 Å². The van der Waals surface area contributed by atoms with E-state index in [1.54, 1.807) is 0 Å². The van der Waals surface area contributed by atoms with Crippen LogP contribution in [0.25, 0.3) is 0 Å². The molecule has 0 saturated carbocycles. The molecule has 0 radical (unpaired) electrons. The summed E-state index contributed by atoms with van der Waals surface area (Å²) in [6.45, 7) is 27.1. The van der Waals surface area contributed by atoms with Gasteiger partial charge in [0.15, 0.2) is 0 Å². The number of cyclic esters (lactones) is 1. The Kier molecular flexibility index (Phi) is 10.5. The molecule has 1 saturated heterocycles. The Balaban J connectivity index is 1.82. The predicted molar refractivity (Wildman–Crippen MR) is 166 cm³/mol. The van der Waals surface area contributed by atoms with E-state index >= 15 is 0 Å². The number of esters is 1. The van der Waals surface area contributed by atoms with E-state index in [1.807, 2.05) is 6.08 Å². The number of hydrogen-bond donors (Lipinski definition) is 0. The molecule has 0 spiro atoms. The van der Waals surface area contributed by atoms with E-state index in [2.05, 4.69) is 107 Å². The van der Waals surface area contributed by atoms with Crippen LogP contribution in [0, 0.1) is 5.92 Å². The Labute approximate surface area is 243 Å². The van der Waals surface area contributed by atoms with Crippen molar-refractivity contribution in [1.29, 1.82) is 0 Å². The van der Waals surface area contributed by atoms with Gasteiger partial charge in [0, 0.05) is 0 Å². The van der Waals surface area contributed by atoms with Crippen molar-refractivity contribution in [2.45, 2.75) is 119 Å². The Hall–Kier alpha value is -2.75. The summed E-state index contributed by atoms with van der Waals surface area (Å²) in [4.78, 5) is 12.5. The average molecular weight is 549 g/mol. The molecule has 2 aromatic carbocycles. The molecular formula is C36H52O4. The third-order valence-electron chi connectivity index (χ3n) is 7.91. The van der Waals surface area contributed by atoms with Crippen LogP contribution in [0.4, 0.5) is 0 Å². The second-order valence-corrected chi connectivity index (χ2v) is 13.2. The molecule has 0 aliphatic carbocycles. The fraction of sp³-hybridized carbons (Fsp3) is 0.583. The highest BCUT2D eigenvalue weighted by atomic mass is 16.6. The Morgan fingerprint density at radius 1 is 0.625 bits per heavy atom. The third kappa shape index (κ3) is 7.11. The van der Waals surface area contributed by atoms with Crippen molar-refractivity contribution in [3.63, 3.8) is 0 Å². The van der Waals surface area contributed by atoms with Crippen LogP contribution in [-0.4, -0.2) is 19.2 Å². The molecule has 1 heterocycles. The van der Waals surface area contributed by atoms with Gasteiger partial charge in [-0.25, -0.2) is 0 Å². The molecular weight excluding hydrogens is 496 g/mol. The van der Waals surface area contributed by atoms with E-state index in [0.29, 0.717) is 47.9 Å². The second kappa shape index (κ2) is 13.3. The van der Waals surface area contributed by atoms with Gasteiger partial charge in [-0.05, 0) is 75.0 Å². The summed E-state index contributed by atoms with van der Waals surface area (Å²) < 4.78 is 18.3. The first kappa shape index (κ1) is 31.8. The number of hydrogen-bond acceptors (Lipinski definition) is 4. The van der Waals surface area contributed by atoms with Crippen LogP contribution >= 0.6 is 0 Å². The monoisotopic (exact) mass is 548 g/mol. The highest BCUT2D eigenvalue weighted by molar-refractivity contribution is 5.83. The van der Waals surface area contributed by atoms with Crippen molar-refractivity contribution in [2.75, 3.05) is 13.2 Å². The van der Waals surface area contributed by atoms with Gasteiger partial charge in [-0.3, -0.25) is 4.79 Å². The Morgan fingerprint density at radius 2 is 1.00 bits per heavy atom. The van der Waals surface area contributed by atoms with Crippen LogP contribution in [0.5, 0.6) is 11.5 Å². The number of ether oxygens (including phenoxy) is 3. The van der Waals surface area contributed by atoms with E-state index in [9.17, 15) is 4.79 Å². The molecule has 4 nitrogen and oxygen atoms in total. The SMILES string of the molecule is CC(C)c1cc(C(C)C)c(OC/C=C2/OC(=O)[C@@H]2COc2c(C(C)C)cc(C(C)C)cc2C(C)C)c(C(C)C)c1. The fourth-order valence-corrected chi connectivity index (χ4v) is 5.14. The van der Waals surface area contributed by atoms with Gasteiger partial charge >= 0.3 is 5.97 Å². The predicted octanol–water partition coefficient (Wildman–Crippen LogP) is 9.94. The molecule has 1 aliphatic heterocycles. The zero-order chi connectivity index (χ0) is 29.9. The van der Waals surface area contributed by atoms with E-state index in [1.165, 1.54) is 33.4 Å². The Bertz CT molecular complexity index is 1160. The van der Waals surface area contributed by atoms with Crippen molar-refractivity contribution < 1.29 is 19.0 Å². The minimum Gasteiger partial charge on any atom is -0.492 e. The lowest BCUT2D eigenvalue weighted by molar-refractivity contribution is -0.158. The molecule has 0 bridgehead atoms. The number of benzene rings is 2. The minimum absolute atomic E-state index is 0.241. The van der Waals surface area contributed by atoms with E-state index in [0.717, 1.165) is 11.5 Å². The first-order chi connectivity index (χ1) is 18.7. The zero-order valence-corrected chi connectivity index (χ0v) is 27.0. The molecule has 220 valence electrons. The molecule has 1 atom stereocenters. The van der Waals surface area contributed by atoms with Gasteiger partial charge in [-0.15, -0.1) is 0 Å². The van der Waals surface area contributed by atoms with Crippen LogP contribution in [0.15, 0.2) is 36.1 Å². The van der Waals surface area contributed by atoms with E-state index < -0.39 is 5.92 Å². The number of carbonyl (C=O) groups is 1. The van der Waals surface area contributed by atoms with Crippen molar-refractivity contribution in [1.82, 2.24) is 0 Å². The lowest BCUT2D eigenvalue weighted by Crippen LogP contribution is -2.37. The highest BCUT2D eigenvalue weighted by Crippen LogP contribution is 2.40. The van der Waals surface area contributed by atoms with Crippen LogP contribution in [0.2, 0.25) is 0 Å². The van der Waals surface area contributed by atoms with Crippen molar-refractivity contribution >= 4 is 5.97 Å². The maximum absolute atomic E-state index is 12.5. The molecule has 0 amide bonds. The first-order valence-electron chi connectivity index (χ1n) is 15.3. The molecule has 40 heavy (non-hydrogen) atoms. The fourth-order valence-electron chi connectivity index (χ4n) is 5.14. The standard InChI is InChI=1S/C36H52O4/c1-20(2)26-15-28(22(5)6)34(29(16-26)23(7)8)38-14-13-33-32(36(37)40-33)19-39-35-30(24(9)10)17-27(21(3)4)18-31(35)25(11)12/h13,15-18,20-25,32H,14,19H2,1-12H3/b33-13+/t32-/m1/s1. The summed E-state index contributed by atoms with van der Waals surface area (Å²) in [7, 11) is 0. The molecule has 3 rings (SSSR count). The lowest BCUT2D eigenvalue weighted by atomic mass is 9.88. The summed E-state index contributed by atoms with van der Waals surface area (Å²) in [5.41, 5.74) is 7.51. The molecule has 0 N–H and O–H groups in total. The summed E-state index contributed by atoms with van der Waals surface area (Å²) >= 11 is 0. The zero-order valence-electron chi connectivity index (χ0n) is 27.0. The normalized spacial score (nSPS) is 16.6. The average Bonchev–Trinajstić information content (AvgIpc) is 2.86. The summed E-state index contributed by atoms with van der Waals surface area (Å²) in [5, 5.41) is 0. The smallest absolute Gasteiger partial charge is 0.325 e. The molecule has 4 heteroatoms. The van der Waals surface area contributed by atoms with E-state index in [4.69, 9.17) is 14.2 Å². The van der Waals surface area contributed by atoms with Crippen molar-refractivity contribution in [3.8, 4) is 11.5 Å². The summed E-state index contributed by atoms with van der Waals surface area (Å²) in [6.07, 6.45) is 1.90. The highest BCUT2D eigenvalue weighted by Gasteiger charge is 2.38. The van der Waals surface area contributed by atoms with Gasteiger partial charge in [0.05, 0.1) is 0 Å². The molecule has 1 aliphatic rings. The first-order valence-corrected chi connectivity index (χ1v) is 15.3. The summed E-state index contributed by atoms with van der Waals surface area (Å²) in [5.74, 6) is 4.06. The van der Waals surface area contributed by atoms with Gasteiger partial charge in [-0.1, -0.05) is 107 Å². The van der Waals surface area contributed by atoms with Crippen molar-refractivity contribution in [3.05, 3.63) is 69.5 Å². The Morgan fingerprint density at radius 3 is 1.32 bits per heavy atom. The van der Waals surface area contributed by atoms with Crippen LogP contribution in [0.1, 0.15) is 152 Å². The maximum atomic E-state index is 12.5. The van der Waals surface area contributed by atoms with Crippen LogP contribution in [-0.2, 0) is 9.53 Å². The van der Waals surface area contributed by atoms with E-state index in [-0.39, 0.29) is 12.6 Å². The third-order valence-corrected chi connectivity index (χ3v) is 7.91. The van der Waals surface area contributed by atoms with Crippen LogP contribution < -0.4 is 9.47 Å². The minimum atomic E-state index is -0.411. The molecule has 0 unspecified atom stereocenters.